The third kappa shape index (κ3) is 2.88. The number of carbonyl (C=O) groups excluding carboxylic acids is 1. The summed E-state index contributed by atoms with van der Waals surface area (Å²) in [6, 6.07) is 3.68. The first-order chi connectivity index (χ1) is 8.49. The lowest BCUT2D eigenvalue weighted by Gasteiger charge is -2.37. The minimum Gasteiger partial charge on any atom is -0.326 e. The van der Waals surface area contributed by atoms with Gasteiger partial charge in [0.2, 0.25) is 5.91 Å². The zero-order valence-corrected chi connectivity index (χ0v) is 11.1. The van der Waals surface area contributed by atoms with Gasteiger partial charge in [0.1, 0.15) is 0 Å². The molecule has 1 aliphatic rings. The standard InChI is InChI=1S/C14H21N3O/c1-10-9-11(6-8-16-10)17-13(18)12-5-3-4-7-14(12,2)15/h6,8-9,12H,3-5,7,15H2,1-2H3,(H,16,17,18). The molecule has 4 heteroatoms. The van der Waals surface area contributed by atoms with Gasteiger partial charge in [-0.2, -0.15) is 0 Å². The molecular weight excluding hydrogens is 226 g/mol. The summed E-state index contributed by atoms with van der Waals surface area (Å²) in [5.41, 5.74) is 7.54. The van der Waals surface area contributed by atoms with Crippen LogP contribution in [0.1, 0.15) is 38.3 Å². The summed E-state index contributed by atoms with van der Waals surface area (Å²) >= 11 is 0. The predicted molar refractivity (Wildman–Crippen MR) is 72.2 cm³/mol. The van der Waals surface area contributed by atoms with Crippen molar-refractivity contribution >= 4 is 11.6 Å². The smallest absolute Gasteiger partial charge is 0.229 e. The van der Waals surface area contributed by atoms with Crippen molar-refractivity contribution in [3.8, 4) is 0 Å². The van der Waals surface area contributed by atoms with Crippen molar-refractivity contribution in [1.29, 1.82) is 0 Å². The summed E-state index contributed by atoms with van der Waals surface area (Å²) in [6.45, 7) is 3.89. The van der Waals surface area contributed by atoms with Gasteiger partial charge in [-0.15, -0.1) is 0 Å². The first kappa shape index (κ1) is 13.0. The quantitative estimate of drug-likeness (QED) is 0.842. The fraction of sp³-hybridized carbons (Fsp3) is 0.571. The van der Waals surface area contributed by atoms with Crippen molar-refractivity contribution in [1.82, 2.24) is 4.98 Å². The molecule has 4 nitrogen and oxygen atoms in total. The fourth-order valence-electron chi connectivity index (χ4n) is 2.64. The molecule has 18 heavy (non-hydrogen) atoms. The van der Waals surface area contributed by atoms with Crippen molar-refractivity contribution in [2.24, 2.45) is 11.7 Å². The molecule has 3 N–H and O–H groups in total. The second-order valence-corrected chi connectivity index (χ2v) is 5.48. The van der Waals surface area contributed by atoms with Gasteiger partial charge in [0.15, 0.2) is 0 Å². The number of aromatic nitrogens is 1. The van der Waals surface area contributed by atoms with Crippen LogP contribution in [-0.4, -0.2) is 16.4 Å². The van der Waals surface area contributed by atoms with E-state index in [4.69, 9.17) is 5.73 Å². The van der Waals surface area contributed by atoms with Gasteiger partial charge in [-0.25, -0.2) is 0 Å². The Hall–Kier alpha value is -1.42. The van der Waals surface area contributed by atoms with Crippen LogP contribution in [0.5, 0.6) is 0 Å². The molecule has 2 rings (SSSR count). The molecule has 1 aromatic rings. The average Bonchev–Trinajstić information content (AvgIpc) is 2.28. The Bertz CT molecular complexity index is 442. The van der Waals surface area contributed by atoms with E-state index >= 15 is 0 Å². The number of pyridine rings is 1. The van der Waals surface area contributed by atoms with E-state index in [2.05, 4.69) is 10.3 Å². The monoisotopic (exact) mass is 247 g/mol. The lowest BCUT2D eigenvalue weighted by atomic mass is 9.74. The molecule has 0 saturated heterocycles. The van der Waals surface area contributed by atoms with E-state index in [-0.39, 0.29) is 17.4 Å². The lowest BCUT2D eigenvalue weighted by molar-refractivity contribution is -0.122. The minimum atomic E-state index is -0.385. The normalized spacial score (nSPS) is 27.8. The van der Waals surface area contributed by atoms with Gasteiger partial charge < -0.3 is 11.1 Å². The first-order valence-electron chi connectivity index (χ1n) is 6.51. The zero-order chi connectivity index (χ0) is 13.2. The molecule has 1 amide bonds. The number of aryl methyl sites for hydroxylation is 1. The van der Waals surface area contributed by atoms with E-state index in [0.29, 0.717) is 0 Å². The van der Waals surface area contributed by atoms with Crippen molar-refractivity contribution in [2.75, 3.05) is 5.32 Å². The highest BCUT2D eigenvalue weighted by molar-refractivity contribution is 5.93. The largest absolute Gasteiger partial charge is 0.326 e. The number of nitrogens with one attached hydrogen (secondary N) is 1. The molecule has 2 atom stereocenters. The lowest BCUT2D eigenvalue weighted by Crippen LogP contribution is -2.51. The van der Waals surface area contributed by atoms with Gasteiger partial charge >= 0.3 is 0 Å². The Kier molecular flexibility index (Phi) is 3.66. The second-order valence-electron chi connectivity index (χ2n) is 5.48. The Morgan fingerprint density at radius 1 is 1.56 bits per heavy atom. The third-order valence-corrected chi connectivity index (χ3v) is 3.73. The van der Waals surface area contributed by atoms with E-state index in [9.17, 15) is 4.79 Å². The second kappa shape index (κ2) is 5.06. The van der Waals surface area contributed by atoms with Crippen LogP contribution in [0, 0.1) is 12.8 Å². The van der Waals surface area contributed by atoms with Gasteiger partial charge in [0.25, 0.3) is 0 Å². The van der Waals surface area contributed by atoms with Crippen molar-refractivity contribution in [3.63, 3.8) is 0 Å². The third-order valence-electron chi connectivity index (χ3n) is 3.73. The molecule has 0 spiro atoms. The van der Waals surface area contributed by atoms with Crippen LogP contribution < -0.4 is 11.1 Å². The molecule has 98 valence electrons. The summed E-state index contributed by atoms with van der Waals surface area (Å²) in [5.74, 6) is -0.0648. The maximum Gasteiger partial charge on any atom is 0.229 e. The van der Waals surface area contributed by atoms with E-state index < -0.39 is 0 Å². The number of anilines is 1. The number of hydrogen-bond acceptors (Lipinski definition) is 3. The number of amides is 1. The highest BCUT2D eigenvalue weighted by Crippen LogP contribution is 2.32. The summed E-state index contributed by atoms with van der Waals surface area (Å²) in [6.07, 6.45) is 5.70. The molecule has 1 aliphatic carbocycles. The number of rotatable bonds is 2. The Morgan fingerprint density at radius 2 is 2.33 bits per heavy atom. The molecular formula is C14H21N3O. The number of nitrogens with two attached hydrogens (primary N) is 1. The van der Waals surface area contributed by atoms with Gasteiger partial charge in [0, 0.05) is 23.1 Å². The van der Waals surface area contributed by atoms with Crippen molar-refractivity contribution < 1.29 is 4.79 Å². The zero-order valence-electron chi connectivity index (χ0n) is 11.1. The SMILES string of the molecule is Cc1cc(NC(=O)C2CCCCC2(C)N)ccn1. The Balaban J connectivity index is 2.07. The molecule has 1 heterocycles. The maximum atomic E-state index is 12.3. The highest BCUT2D eigenvalue weighted by Gasteiger charge is 2.37. The van der Waals surface area contributed by atoms with Crippen molar-refractivity contribution in [3.05, 3.63) is 24.0 Å². The number of hydrogen-bond donors (Lipinski definition) is 2. The maximum absolute atomic E-state index is 12.3. The number of nitrogens with zero attached hydrogens (tertiary/aromatic N) is 1. The van der Waals surface area contributed by atoms with Gasteiger partial charge in [-0.05, 0) is 38.8 Å². The van der Waals surface area contributed by atoms with Gasteiger partial charge in [-0.3, -0.25) is 9.78 Å². The van der Waals surface area contributed by atoms with Crippen LogP contribution in [-0.2, 0) is 4.79 Å². The molecule has 1 saturated carbocycles. The number of carbonyl (C=O) groups is 1. The van der Waals surface area contributed by atoms with Gasteiger partial charge in [0.05, 0.1) is 5.92 Å². The van der Waals surface area contributed by atoms with E-state index in [1.807, 2.05) is 26.0 Å². The predicted octanol–water partition coefficient (Wildman–Crippen LogP) is 2.24. The van der Waals surface area contributed by atoms with Crippen LogP contribution in [0.25, 0.3) is 0 Å². The van der Waals surface area contributed by atoms with Crippen LogP contribution in [0.4, 0.5) is 5.69 Å². The summed E-state index contributed by atoms with van der Waals surface area (Å²) in [7, 11) is 0. The molecule has 0 radical (unpaired) electrons. The average molecular weight is 247 g/mol. The Labute approximate surface area is 108 Å². The summed E-state index contributed by atoms with van der Waals surface area (Å²) in [5, 5.41) is 2.95. The molecule has 1 aromatic heterocycles. The van der Waals surface area contributed by atoms with Crippen LogP contribution in [0.2, 0.25) is 0 Å². The topological polar surface area (TPSA) is 68.0 Å². The molecule has 0 bridgehead atoms. The molecule has 0 aromatic carbocycles. The molecule has 0 aliphatic heterocycles. The van der Waals surface area contributed by atoms with E-state index in [0.717, 1.165) is 37.1 Å². The van der Waals surface area contributed by atoms with Crippen molar-refractivity contribution in [2.45, 2.75) is 45.1 Å². The van der Waals surface area contributed by atoms with E-state index in [1.165, 1.54) is 0 Å². The summed E-state index contributed by atoms with van der Waals surface area (Å²) in [4.78, 5) is 16.4. The first-order valence-corrected chi connectivity index (χ1v) is 6.51. The van der Waals surface area contributed by atoms with Crippen LogP contribution >= 0.6 is 0 Å². The Morgan fingerprint density at radius 3 is 3.00 bits per heavy atom. The van der Waals surface area contributed by atoms with Crippen LogP contribution in [0.15, 0.2) is 18.3 Å². The van der Waals surface area contributed by atoms with Gasteiger partial charge in [-0.1, -0.05) is 12.8 Å². The van der Waals surface area contributed by atoms with E-state index in [1.54, 1.807) is 6.20 Å². The minimum absolute atomic E-state index is 0.0327. The molecule has 2 unspecified atom stereocenters. The van der Waals surface area contributed by atoms with Crippen LogP contribution in [0.3, 0.4) is 0 Å². The highest BCUT2D eigenvalue weighted by atomic mass is 16.1. The summed E-state index contributed by atoms with van der Waals surface area (Å²) < 4.78 is 0. The molecule has 1 fully saturated rings. The fourth-order valence-corrected chi connectivity index (χ4v) is 2.64.